The maximum absolute atomic E-state index is 14.0. The largest absolute Gasteiger partial charge is 0.505 e. The number of hydrogen-bond donors (Lipinski definition) is 4. The first kappa shape index (κ1) is 29.3. The van der Waals surface area contributed by atoms with E-state index in [-0.39, 0.29) is 30.6 Å². The molecule has 13 heteroatoms. The average Bonchev–Trinajstić information content (AvgIpc) is 2.81. The van der Waals surface area contributed by atoms with Crippen molar-refractivity contribution in [1.82, 2.24) is 9.80 Å². The third-order valence-corrected chi connectivity index (χ3v) is 8.25. The average molecular weight is 558 g/mol. The van der Waals surface area contributed by atoms with Crippen LogP contribution in [0, 0.1) is 23.7 Å². The van der Waals surface area contributed by atoms with E-state index in [0.29, 0.717) is 11.3 Å². The van der Waals surface area contributed by atoms with Crippen molar-refractivity contribution in [3.8, 4) is 5.75 Å². The maximum atomic E-state index is 14.0. The van der Waals surface area contributed by atoms with Crippen molar-refractivity contribution < 1.29 is 39.0 Å². The number of nitrogens with two attached hydrogens (primary N) is 1. The zero-order valence-corrected chi connectivity index (χ0v) is 23.3. The van der Waals surface area contributed by atoms with E-state index in [0.717, 1.165) is 0 Å². The number of aromatic hydroxyl groups is 1. The van der Waals surface area contributed by atoms with Crippen molar-refractivity contribution in [1.29, 1.82) is 0 Å². The van der Waals surface area contributed by atoms with Crippen LogP contribution in [0.25, 0.3) is 0 Å². The molecule has 6 atom stereocenters. The zero-order valence-electron chi connectivity index (χ0n) is 23.3. The molecule has 4 rings (SSSR count). The van der Waals surface area contributed by atoms with Crippen LogP contribution in [0.3, 0.4) is 0 Å². The minimum Gasteiger partial charge on any atom is -0.505 e. The summed E-state index contributed by atoms with van der Waals surface area (Å²) in [5.74, 6) is -11.7. The molecule has 2 amide bonds. The molecule has 0 heterocycles. The number of hydrogen-bond acceptors (Lipinski definition) is 11. The Bertz CT molecular complexity index is 1340. The molecule has 0 spiro atoms. The van der Waals surface area contributed by atoms with Crippen molar-refractivity contribution >= 4 is 46.3 Å². The lowest BCUT2D eigenvalue weighted by atomic mass is 9.52. The van der Waals surface area contributed by atoms with Crippen molar-refractivity contribution in [3.05, 3.63) is 17.2 Å². The summed E-state index contributed by atoms with van der Waals surface area (Å²) >= 11 is 0. The van der Waals surface area contributed by atoms with Gasteiger partial charge in [0.05, 0.1) is 29.8 Å². The summed E-state index contributed by atoms with van der Waals surface area (Å²) in [4.78, 5) is 83.9. The number of rotatable bonds is 6. The first-order valence-corrected chi connectivity index (χ1v) is 12.9. The molecule has 0 bridgehead atoms. The van der Waals surface area contributed by atoms with E-state index in [9.17, 15) is 39.0 Å². The molecule has 5 unspecified atom stereocenters. The molecule has 3 aliphatic rings. The predicted molar refractivity (Wildman–Crippen MR) is 143 cm³/mol. The summed E-state index contributed by atoms with van der Waals surface area (Å²) in [6.45, 7) is 0.00821. The van der Waals surface area contributed by atoms with Crippen LogP contribution < -0.4 is 16.0 Å². The maximum Gasteiger partial charge on any atom is 0.238 e. The van der Waals surface area contributed by atoms with E-state index in [2.05, 4.69) is 5.32 Å². The Labute approximate surface area is 231 Å². The molecule has 5 N–H and O–H groups in total. The first-order chi connectivity index (χ1) is 18.5. The summed E-state index contributed by atoms with van der Waals surface area (Å²) in [6, 6.07) is 0.377. The molecule has 3 aliphatic carbocycles. The van der Waals surface area contributed by atoms with E-state index in [1.165, 1.54) is 19.0 Å². The molecule has 2 saturated carbocycles. The second kappa shape index (κ2) is 10.1. The van der Waals surface area contributed by atoms with Crippen LogP contribution >= 0.6 is 0 Å². The Morgan fingerprint density at radius 3 is 2.23 bits per heavy atom. The molecule has 0 aliphatic heterocycles. The smallest absolute Gasteiger partial charge is 0.238 e. The molecule has 216 valence electrons. The summed E-state index contributed by atoms with van der Waals surface area (Å²) in [5, 5.41) is 25.5. The Morgan fingerprint density at radius 2 is 1.70 bits per heavy atom. The molecule has 13 nitrogen and oxygen atoms in total. The normalized spacial score (nSPS) is 29.7. The highest BCUT2D eigenvalue weighted by atomic mass is 16.3. The molecule has 0 aromatic heterocycles. The van der Waals surface area contributed by atoms with Crippen molar-refractivity contribution in [2.75, 3.05) is 59.0 Å². The zero-order chi connectivity index (χ0) is 30.0. The molecule has 0 saturated heterocycles. The first-order valence-electron chi connectivity index (χ1n) is 12.9. The van der Waals surface area contributed by atoms with E-state index >= 15 is 0 Å². The number of carbonyl (C=O) groups excluding carboxylic acids is 6. The lowest BCUT2D eigenvalue weighted by Gasteiger charge is -2.52. The number of nitrogens with one attached hydrogen (secondary N) is 1. The summed E-state index contributed by atoms with van der Waals surface area (Å²) in [6.07, 6.45) is 0.0810. The van der Waals surface area contributed by atoms with Crippen LogP contribution in [0.1, 0.15) is 22.3 Å². The standard InChI is InChI=1S/C27H35N5O8/c1-30(2)10-16(33)29-14-9-15(31(3)4)12-7-11-8-13-20(32(5)6)23(36)19(26(28)39)25(38)27(13,40)24(37)17(11)22(35)18(12)21(14)34/h9,11,13,17,19-20,34,40H,7-8,10H2,1-6H3,(H2,28,39)(H,29,33)/t11?,13?,17?,19?,20-,27?/m0/s1. The van der Waals surface area contributed by atoms with Gasteiger partial charge in [0, 0.05) is 25.7 Å². The number of benzene rings is 1. The van der Waals surface area contributed by atoms with E-state index in [1.807, 2.05) is 0 Å². The van der Waals surface area contributed by atoms with Gasteiger partial charge in [0.1, 0.15) is 5.75 Å². The molecule has 1 aromatic carbocycles. The monoisotopic (exact) mass is 557 g/mol. The molecular formula is C27H35N5O8. The van der Waals surface area contributed by atoms with Crippen LogP contribution in [-0.4, -0.2) is 115 Å². The van der Waals surface area contributed by atoms with Crippen LogP contribution in [0.2, 0.25) is 0 Å². The number of anilines is 2. The number of nitrogens with zero attached hydrogens (tertiary/aromatic N) is 3. The van der Waals surface area contributed by atoms with Gasteiger partial charge in [-0.2, -0.15) is 0 Å². The topological polar surface area (TPSA) is 191 Å². The number of ketones is 4. The lowest BCUT2D eigenvalue weighted by Crippen LogP contribution is -2.74. The number of amides is 2. The number of likely N-dealkylation sites (N-methyl/N-ethyl adjacent to an activating group) is 2. The number of phenolic OH excluding ortho intramolecular Hbond substituents is 1. The van der Waals surface area contributed by atoms with Crippen LogP contribution in [0.5, 0.6) is 5.75 Å². The Hall–Kier alpha value is -3.68. The molecule has 40 heavy (non-hydrogen) atoms. The second-order valence-electron chi connectivity index (χ2n) is 11.6. The quantitative estimate of drug-likeness (QED) is 0.233. The Morgan fingerprint density at radius 1 is 1.07 bits per heavy atom. The fraction of sp³-hybridized carbons (Fsp3) is 0.556. The fourth-order valence-electron chi connectivity index (χ4n) is 6.62. The fourth-order valence-corrected chi connectivity index (χ4v) is 6.62. The molecule has 2 fully saturated rings. The highest BCUT2D eigenvalue weighted by Crippen LogP contribution is 2.52. The number of primary amides is 1. The number of phenols is 1. The lowest BCUT2D eigenvalue weighted by molar-refractivity contribution is -0.181. The van der Waals surface area contributed by atoms with Gasteiger partial charge in [-0.1, -0.05) is 0 Å². The van der Waals surface area contributed by atoms with Gasteiger partial charge in [-0.15, -0.1) is 0 Å². The number of fused-ring (bicyclic) bond motifs is 3. The number of Topliss-reactive ketones (excluding diaryl/α,β-unsaturated/α-hetero) is 4. The Balaban J connectivity index is 1.86. The Kier molecular flexibility index (Phi) is 7.37. The summed E-state index contributed by atoms with van der Waals surface area (Å²) in [7, 11) is 9.90. The van der Waals surface area contributed by atoms with Crippen molar-refractivity contribution in [2.24, 2.45) is 29.4 Å². The van der Waals surface area contributed by atoms with Gasteiger partial charge >= 0.3 is 0 Å². The molecular weight excluding hydrogens is 522 g/mol. The van der Waals surface area contributed by atoms with Gasteiger partial charge in [0.25, 0.3) is 0 Å². The minimum absolute atomic E-state index is 0.00821. The van der Waals surface area contributed by atoms with Crippen LogP contribution in [-0.2, 0) is 30.4 Å². The van der Waals surface area contributed by atoms with Crippen molar-refractivity contribution in [3.63, 3.8) is 0 Å². The van der Waals surface area contributed by atoms with E-state index in [4.69, 9.17) is 5.73 Å². The van der Waals surface area contributed by atoms with Gasteiger partial charge < -0.3 is 31.1 Å². The van der Waals surface area contributed by atoms with Gasteiger partial charge in [-0.3, -0.25) is 33.7 Å². The second-order valence-corrected chi connectivity index (χ2v) is 11.6. The predicted octanol–water partition coefficient (Wildman–Crippen LogP) is -1.57. The van der Waals surface area contributed by atoms with Crippen LogP contribution in [0.4, 0.5) is 11.4 Å². The summed E-state index contributed by atoms with van der Waals surface area (Å²) in [5.41, 5.74) is 3.32. The SMILES string of the molecule is CN(C)CC(=O)Nc1cc(N(C)C)c2c(c1O)C(=O)C1C(=O)C3(O)C(=O)C(C(N)=O)C(=O)[C@@H](N(C)C)C3CC1C2. The van der Waals surface area contributed by atoms with Crippen LogP contribution in [0.15, 0.2) is 6.07 Å². The molecule has 1 aromatic rings. The molecule has 0 radical (unpaired) electrons. The third kappa shape index (κ3) is 4.28. The van der Waals surface area contributed by atoms with Gasteiger partial charge in [0.2, 0.25) is 11.8 Å². The van der Waals surface area contributed by atoms with Crippen molar-refractivity contribution in [2.45, 2.75) is 24.5 Å². The van der Waals surface area contributed by atoms with Gasteiger partial charge in [-0.05, 0) is 58.6 Å². The summed E-state index contributed by atoms with van der Waals surface area (Å²) < 4.78 is 0. The van der Waals surface area contributed by atoms with Gasteiger partial charge in [0.15, 0.2) is 34.7 Å². The minimum atomic E-state index is -2.80. The van der Waals surface area contributed by atoms with E-state index < -0.39 is 76.0 Å². The highest BCUT2D eigenvalue weighted by Gasteiger charge is 2.69. The number of carbonyl (C=O) groups is 6. The van der Waals surface area contributed by atoms with E-state index in [1.54, 1.807) is 44.1 Å². The number of aliphatic hydroxyl groups is 1. The third-order valence-electron chi connectivity index (χ3n) is 8.25. The highest BCUT2D eigenvalue weighted by molar-refractivity contribution is 6.32. The van der Waals surface area contributed by atoms with Gasteiger partial charge in [-0.25, -0.2) is 0 Å².